The number of aliphatic carboxylic acids is 1. The number of benzene rings is 1. The largest absolute Gasteiger partial charge is 0.481 e. The van der Waals surface area contributed by atoms with Crippen LogP contribution in [0.3, 0.4) is 0 Å². The van der Waals surface area contributed by atoms with Gasteiger partial charge in [-0.15, -0.1) is 5.48 Å². The molecule has 1 aromatic carbocycles. The van der Waals surface area contributed by atoms with Crippen molar-refractivity contribution in [3.05, 3.63) is 29.8 Å². The number of hydrogen-bond donors (Lipinski definition) is 4. The molecule has 1 aromatic rings. The van der Waals surface area contributed by atoms with Crippen LogP contribution in [-0.2, 0) is 9.59 Å². The number of hydrogen-bond acceptors (Lipinski definition) is 6. The average molecular weight is 296 g/mol. The first-order chi connectivity index (χ1) is 10.1. The molecular weight excluding hydrogens is 276 g/mol. The zero-order chi connectivity index (χ0) is 15.7. The molecule has 116 valence electrons. The van der Waals surface area contributed by atoms with Crippen LogP contribution in [0.15, 0.2) is 24.3 Å². The van der Waals surface area contributed by atoms with Gasteiger partial charge in [-0.25, -0.2) is 0 Å². The maximum Gasteiger partial charge on any atom is 0.303 e. The number of hydroxylamine groups is 1. The van der Waals surface area contributed by atoms with E-state index in [1.54, 1.807) is 31.3 Å². The lowest BCUT2D eigenvalue weighted by Crippen LogP contribution is -2.34. The number of carboxylic acid groups (broad SMARTS) is 1. The number of rotatable bonds is 10. The second-order valence-electron chi connectivity index (χ2n) is 4.54. The summed E-state index contributed by atoms with van der Waals surface area (Å²) in [5.41, 5.74) is 3.19. The Labute approximate surface area is 122 Å². The van der Waals surface area contributed by atoms with Gasteiger partial charge in [-0.3, -0.25) is 4.79 Å². The van der Waals surface area contributed by atoms with Gasteiger partial charge in [0.25, 0.3) is 0 Å². The number of aliphatic hydroxyl groups excluding tert-OH is 1. The fourth-order valence-electron chi connectivity index (χ4n) is 1.67. The van der Waals surface area contributed by atoms with Gasteiger partial charge < -0.3 is 25.2 Å². The van der Waals surface area contributed by atoms with E-state index in [2.05, 4.69) is 10.8 Å². The Balaban J connectivity index is 2.55. The second-order valence-corrected chi connectivity index (χ2v) is 4.54. The predicted octanol–water partition coefficient (Wildman–Crippen LogP) is 0.255. The first-order valence-electron chi connectivity index (χ1n) is 6.59. The Morgan fingerprint density at radius 2 is 2.24 bits per heavy atom. The van der Waals surface area contributed by atoms with Crippen molar-refractivity contribution < 1.29 is 24.6 Å². The van der Waals surface area contributed by atoms with Crippen LogP contribution < -0.4 is 15.6 Å². The molecule has 7 nitrogen and oxygen atoms in total. The summed E-state index contributed by atoms with van der Waals surface area (Å²) in [6.45, 7) is 0.409. The number of likely N-dealkylation sites (N-methyl/N-ethyl adjacent to an activating group) is 1. The summed E-state index contributed by atoms with van der Waals surface area (Å²) in [6.07, 6.45) is -0.0445. The molecule has 0 aliphatic carbocycles. The molecule has 4 N–H and O–H groups in total. The molecule has 0 fully saturated rings. The molecule has 7 heteroatoms. The maximum atomic E-state index is 10.8. The van der Waals surface area contributed by atoms with E-state index in [9.17, 15) is 14.7 Å². The van der Waals surface area contributed by atoms with Gasteiger partial charge in [0.05, 0.1) is 12.1 Å². The molecule has 0 radical (unpaired) electrons. The Morgan fingerprint density at radius 1 is 1.48 bits per heavy atom. The quantitative estimate of drug-likeness (QED) is 0.362. The van der Waals surface area contributed by atoms with Gasteiger partial charge >= 0.3 is 5.97 Å². The fourth-order valence-corrected chi connectivity index (χ4v) is 1.67. The number of nitrogens with one attached hydrogen (secondary N) is 2. The van der Waals surface area contributed by atoms with Crippen molar-refractivity contribution in [1.82, 2.24) is 10.8 Å². The third kappa shape index (κ3) is 6.35. The molecule has 21 heavy (non-hydrogen) atoms. The van der Waals surface area contributed by atoms with E-state index in [-0.39, 0.29) is 12.8 Å². The summed E-state index contributed by atoms with van der Waals surface area (Å²) in [5.74, 6) is -0.536. The highest BCUT2D eigenvalue weighted by Gasteiger charge is 2.11. The van der Waals surface area contributed by atoms with Gasteiger partial charge in [0.15, 0.2) is 0 Å². The second kappa shape index (κ2) is 9.06. The summed E-state index contributed by atoms with van der Waals surface area (Å²) in [5, 5.41) is 21.3. The van der Waals surface area contributed by atoms with Gasteiger partial charge in [0.2, 0.25) is 0 Å². The minimum Gasteiger partial charge on any atom is -0.481 e. The highest BCUT2D eigenvalue weighted by molar-refractivity contribution is 5.68. The van der Waals surface area contributed by atoms with E-state index >= 15 is 0 Å². The van der Waals surface area contributed by atoms with Crippen LogP contribution in [0.1, 0.15) is 24.5 Å². The third-order valence-corrected chi connectivity index (χ3v) is 2.80. The Morgan fingerprint density at radius 3 is 2.86 bits per heavy atom. The zero-order valence-corrected chi connectivity index (χ0v) is 11.8. The van der Waals surface area contributed by atoms with Gasteiger partial charge in [0.1, 0.15) is 12.0 Å². The van der Waals surface area contributed by atoms with Crippen molar-refractivity contribution in [2.45, 2.75) is 25.0 Å². The van der Waals surface area contributed by atoms with Crippen molar-refractivity contribution in [2.24, 2.45) is 0 Å². The summed E-state index contributed by atoms with van der Waals surface area (Å²) < 4.78 is 0. The fraction of sp³-hybridized carbons (Fsp3) is 0.429. The summed E-state index contributed by atoms with van der Waals surface area (Å²) in [4.78, 5) is 26.5. The number of aldehydes is 1. The van der Waals surface area contributed by atoms with E-state index < -0.39 is 18.1 Å². The van der Waals surface area contributed by atoms with E-state index in [0.717, 1.165) is 0 Å². The van der Waals surface area contributed by atoms with E-state index in [1.807, 2.05) is 0 Å². The van der Waals surface area contributed by atoms with Crippen LogP contribution in [0.25, 0.3) is 0 Å². The molecule has 0 heterocycles. The number of carbonyl (C=O) groups excluding carboxylic acids is 1. The summed E-state index contributed by atoms with van der Waals surface area (Å²) >= 11 is 0. The Hall–Kier alpha value is -1.96. The van der Waals surface area contributed by atoms with Gasteiger partial charge in [0, 0.05) is 13.0 Å². The number of carbonyl (C=O) groups is 2. The molecule has 0 amide bonds. The molecule has 0 saturated carbocycles. The lowest BCUT2D eigenvalue weighted by molar-refractivity contribution is -0.137. The lowest BCUT2D eigenvalue weighted by atomic mass is 10.1. The lowest BCUT2D eigenvalue weighted by Gasteiger charge is -2.15. The molecule has 2 atom stereocenters. The molecular formula is C14H20N2O5. The van der Waals surface area contributed by atoms with Crippen LogP contribution >= 0.6 is 0 Å². The molecule has 1 rings (SSSR count). The van der Waals surface area contributed by atoms with Crippen LogP contribution in [0.4, 0.5) is 0 Å². The minimum atomic E-state index is -0.971. The highest BCUT2D eigenvalue weighted by Crippen LogP contribution is 2.18. The zero-order valence-electron chi connectivity index (χ0n) is 11.8. The van der Waals surface area contributed by atoms with Crippen molar-refractivity contribution in [3.63, 3.8) is 0 Å². The first-order valence-corrected chi connectivity index (χ1v) is 6.59. The Bertz CT molecular complexity index is 466. The molecule has 0 saturated heterocycles. The predicted molar refractivity (Wildman–Crippen MR) is 75.8 cm³/mol. The smallest absolute Gasteiger partial charge is 0.303 e. The van der Waals surface area contributed by atoms with Gasteiger partial charge in [-0.2, -0.15) is 0 Å². The van der Waals surface area contributed by atoms with E-state index in [4.69, 9.17) is 9.94 Å². The topological polar surface area (TPSA) is 108 Å². The van der Waals surface area contributed by atoms with Crippen LogP contribution in [0, 0.1) is 0 Å². The number of aliphatic hydroxyl groups is 1. The van der Waals surface area contributed by atoms with Crippen molar-refractivity contribution in [1.29, 1.82) is 0 Å². The molecule has 0 aromatic heterocycles. The van der Waals surface area contributed by atoms with Crippen LogP contribution in [0.2, 0.25) is 0 Å². The summed E-state index contributed by atoms with van der Waals surface area (Å²) in [6, 6.07) is 6.09. The van der Waals surface area contributed by atoms with E-state index in [0.29, 0.717) is 24.1 Å². The van der Waals surface area contributed by atoms with Crippen molar-refractivity contribution >= 4 is 12.3 Å². The normalized spacial score (nSPS) is 13.4. The monoisotopic (exact) mass is 296 g/mol. The first kappa shape index (κ1) is 17.1. The maximum absolute atomic E-state index is 10.8. The third-order valence-electron chi connectivity index (χ3n) is 2.80. The summed E-state index contributed by atoms with van der Waals surface area (Å²) in [7, 11) is 1.74. The molecule has 0 bridgehead atoms. The minimum absolute atomic E-state index is 0.124. The SMILES string of the molecule is CNC[C@H](O)c1cccc(ON[C@H](C=O)CCC(=O)O)c1. The highest BCUT2D eigenvalue weighted by atomic mass is 16.6. The van der Waals surface area contributed by atoms with Gasteiger partial charge in [-0.1, -0.05) is 12.1 Å². The number of carboxylic acids is 1. The Kier molecular flexibility index (Phi) is 7.38. The average Bonchev–Trinajstić information content (AvgIpc) is 2.47. The molecule has 0 aliphatic rings. The molecule has 0 aliphatic heterocycles. The standard InChI is InChI=1S/C14H20N2O5/c1-15-8-13(18)10-3-2-4-12(7-10)21-16-11(9-17)5-6-14(19)20/h2-4,7,9,11,13,15-16,18H,5-6,8H2,1H3,(H,19,20)/t11-,13-/m0/s1. The van der Waals surface area contributed by atoms with Crippen molar-refractivity contribution in [3.8, 4) is 5.75 Å². The van der Waals surface area contributed by atoms with E-state index in [1.165, 1.54) is 0 Å². The van der Waals surface area contributed by atoms with Crippen LogP contribution in [-0.4, -0.2) is 42.1 Å². The molecule has 0 unspecified atom stereocenters. The van der Waals surface area contributed by atoms with Crippen molar-refractivity contribution in [2.75, 3.05) is 13.6 Å². The van der Waals surface area contributed by atoms with Crippen LogP contribution in [0.5, 0.6) is 5.75 Å². The van der Waals surface area contributed by atoms with Gasteiger partial charge in [-0.05, 0) is 31.2 Å². The molecule has 0 spiro atoms.